The van der Waals surface area contributed by atoms with E-state index < -0.39 is 5.41 Å². The van der Waals surface area contributed by atoms with Gasteiger partial charge in [-0.3, -0.25) is 4.79 Å². The average Bonchev–Trinajstić information content (AvgIpc) is 2.86. The molecule has 5 heteroatoms. The molecule has 0 atom stereocenters. The van der Waals surface area contributed by atoms with Crippen LogP contribution in [0, 0.1) is 5.41 Å². The Labute approximate surface area is 118 Å². The first kappa shape index (κ1) is 14.2. The van der Waals surface area contributed by atoms with Gasteiger partial charge in [-0.05, 0) is 18.2 Å². The summed E-state index contributed by atoms with van der Waals surface area (Å²) >= 11 is 0. The fraction of sp³-hybridized carbons (Fsp3) is 0.400. The van der Waals surface area contributed by atoms with Gasteiger partial charge in [0.15, 0.2) is 5.82 Å². The Bertz CT molecular complexity index is 612. The molecule has 2 rings (SSSR count). The highest BCUT2D eigenvalue weighted by atomic mass is 16.5. The molecule has 0 aliphatic carbocycles. The first-order chi connectivity index (χ1) is 9.40. The summed E-state index contributed by atoms with van der Waals surface area (Å²) in [6, 6.07) is 7.39. The van der Waals surface area contributed by atoms with Gasteiger partial charge in [0.2, 0.25) is 5.91 Å². The highest BCUT2D eigenvalue weighted by molar-refractivity contribution is 5.94. The van der Waals surface area contributed by atoms with Crippen LogP contribution in [0.25, 0.3) is 11.5 Å². The van der Waals surface area contributed by atoms with Crippen molar-refractivity contribution >= 4 is 11.6 Å². The summed E-state index contributed by atoms with van der Waals surface area (Å²) in [5, 5.41) is 6.75. The number of rotatable bonds is 3. The maximum Gasteiger partial charge on any atom is 0.257 e. The van der Waals surface area contributed by atoms with Crippen LogP contribution in [-0.4, -0.2) is 16.0 Å². The molecule has 0 saturated carbocycles. The minimum atomic E-state index is -0.435. The molecule has 1 amide bonds. The quantitative estimate of drug-likeness (QED) is 0.931. The summed E-state index contributed by atoms with van der Waals surface area (Å²) in [5.74, 6) is 1.10. The van der Waals surface area contributed by atoms with Crippen LogP contribution >= 0.6 is 0 Å². The monoisotopic (exact) mass is 273 g/mol. The van der Waals surface area contributed by atoms with Crippen molar-refractivity contribution in [2.75, 3.05) is 5.32 Å². The number of benzene rings is 1. The molecule has 106 valence electrons. The molecule has 0 saturated heterocycles. The molecule has 0 fully saturated rings. The van der Waals surface area contributed by atoms with E-state index in [1.165, 1.54) is 0 Å². The predicted octanol–water partition coefficient (Wildman–Crippen LogP) is 3.28. The van der Waals surface area contributed by atoms with Crippen molar-refractivity contribution in [2.24, 2.45) is 5.41 Å². The Balaban J connectivity index is 2.22. The maximum absolute atomic E-state index is 12.0. The van der Waals surface area contributed by atoms with Gasteiger partial charge in [0, 0.05) is 23.1 Å². The van der Waals surface area contributed by atoms with Crippen molar-refractivity contribution < 1.29 is 9.32 Å². The second-order valence-electron chi connectivity index (χ2n) is 5.65. The standard InChI is InChI=1S/C15H19N3O2/c1-5-12-17-13(20-18-12)10-7-6-8-11(9-10)16-14(19)15(2,3)4/h6-9H,5H2,1-4H3,(H,16,19). The van der Waals surface area contributed by atoms with E-state index in [1.807, 2.05) is 52.0 Å². The maximum atomic E-state index is 12.0. The zero-order valence-electron chi connectivity index (χ0n) is 12.2. The van der Waals surface area contributed by atoms with E-state index in [2.05, 4.69) is 15.5 Å². The van der Waals surface area contributed by atoms with E-state index in [9.17, 15) is 4.79 Å². The van der Waals surface area contributed by atoms with Crippen LogP contribution < -0.4 is 5.32 Å². The smallest absolute Gasteiger partial charge is 0.257 e. The third-order valence-electron chi connectivity index (χ3n) is 2.83. The van der Waals surface area contributed by atoms with Gasteiger partial charge in [0.1, 0.15) is 0 Å². The summed E-state index contributed by atoms with van der Waals surface area (Å²) in [5.41, 5.74) is 1.08. The minimum Gasteiger partial charge on any atom is -0.334 e. The van der Waals surface area contributed by atoms with Crippen LogP contribution in [0.1, 0.15) is 33.5 Å². The molecule has 0 aliphatic heterocycles. The van der Waals surface area contributed by atoms with Gasteiger partial charge in [-0.25, -0.2) is 0 Å². The zero-order valence-corrected chi connectivity index (χ0v) is 12.2. The normalized spacial score (nSPS) is 11.4. The molecule has 1 N–H and O–H groups in total. The van der Waals surface area contributed by atoms with Gasteiger partial charge in [-0.2, -0.15) is 4.98 Å². The fourth-order valence-electron chi connectivity index (χ4n) is 1.56. The Morgan fingerprint density at radius 1 is 1.35 bits per heavy atom. The van der Waals surface area contributed by atoms with E-state index in [-0.39, 0.29) is 5.91 Å². The molecule has 1 heterocycles. The summed E-state index contributed by atoms with van der Waals surface area (Å²) in [7, 11) is 0. The number of carbonyl (C=O) groups excluding carboxylic acids is 1. The third-order valence-corrected chi connectivity index (χ3v) is 2.83. The molecule has 0 aliphatic rings. The molecule has 5 nitrogen and oxygen atoms in total. The van der Waals surface area contributed by atoms with Crippen LogP contribution in [0.2, 0.25) is 0 Å². The Kier molecular flexibility index (Phi) is 3.88. The molecular weight excluding hydrogens is 254 g/mol. The molecule has 0 spiro atoms. The lowest BCUT2D eigenvalue weighted by Gasteiger charge is -2.17. The largest absolute Gasteiger partial charge is 0.334 e. The van der Waals surface area contributed by atoms with Crippen LogP contribution in [0.4, 0.5) is 5.69 Å². The van der Waals surface area contributed by atoms with Gasteiger partial charge in [0.25, 0.3) is 5.89 Å². The van der Waals surface area contributed by atoms with E-state index in [0.29, 0.717) is 11.7 Å². The molecule has 2 aromatic rings. The zero-order chi connectivity index (χ0) is 14.8. The van der Waals surface area contributed by atoms with Gasteiger partial charge in [-0.1, -0.05) is 38.9 Å². The lowest BCUT2D eigenvalue weighted by molar-refractivity contribution is -0.123. The second kappa shape index (κ2) is 5.45. The summed E-state index contributed by atoms with van der Waals surface area (Å²) < 4.78 is 5.20. The SMILES string of the molecule is CCc1noc(-c2cccc(NC(=O)C(C)(C)C)c2)n1. The van der Waals surface area contributed by atoms with E-state index in [0.717, 1.165) is 17.7 Å². The summed E-state index contributed by atoms with van der Waals surface area (Å²) in [4.78, 5) is 16.2. The number of hydrogen-bond acceptors (Lipinski definition) is 4. The van der Waals surface area contributed by atoms with Crippen molar-refractivity contribution in [1.82, 2.24) is 10.1 Å². The lowest BCUT2D eigenvalue weighted by Crippen LogP contribution is -2.27. The number of amides is 1. The summed E-state index contributed by atoms with van der Waals surface area (Å²) in [6.07, 6.45) is 0.726. The molecule has 20 heavy (non-hydrogen) atoms. The van der Waals surface area contributed by atoms with E-state index >= 15 is 0 Å². The van der Waals surface area contributed by atoms with Crippen LogP contribution in [-0.2, 0) is 11.2 Å². The molecule has 1 aromatic heterocycles. The molecule has 0 bridgehead atoms. The van der Waals surface area contributed by atoms with Crippen LogP contribution in [0.3, 0.4) is 0 Å². The highest BCUT2D eigenvalue weighted by Crippen LogP contribution is 2.23. The molecule has 1 aromatic carbocycles. The van der Waals surface area contributed by atoms with Crippen LogP contribution in [0.15, 0.2) is 28.8 Å². The van der Waals surface area contributed by atoms with Gasteiger partial charge >= 0.3 is 0 Å². The number of nitrogens with zero attached hydrogens (tertiary/aromatic N) is 2. The number of nitrogens with one attached hydrogen (secondary N) is 1. The number of carbonyl (C=O) groups is 1. The number of anilines is 1. The third kappa shape index (κ3) is 3.23. The number of aryl methyl sites for hydroxylation is 1. The van der Waals surface area contributed by atoms with Crippen molar-refractivity contribution in [3.8, 4) is 11.5 Å². The fourth-order valence-corrected chi connectivity index (χ4v) is 1.56. The minimum absolute atomic E-state index is 0.0329. The highest BCUT2D eigenvalue weighted by Gasteiger charge is 2.21. The van der Waals surface area contributed by atoms with Gasteiger partial charge in [-0.15, -0.1) is 0 Å². The predicted molar refractivity (Wildman–Crippen MR) is 77.2 cm³/mol. The molecule has 0 radical (unpaired) electrons. The molecular formula is C15H19N3O2. The first-order valence-corrected chi connectivity index (χ1v) is 6.64. The second-order valence-corrected chi connectivity index (χ2v) is 5.65. The van der Waals surface area contributed by atoms with Crippen molar-refractivity contribution in [2.45, 2.75) is 34.1 Å². The van der Waals surface area contributed by atoms with Crippen molar-refractivity contribution in [3.63, 3.8) is 0 Å². The van der Waals surface area contributed by atoms with Crippen molar-refractivity contribution in [3.05, 3.63) is 30.1 Å². The Hall–Kier alpha value is -2.17. The first-order valence-electron chi connectivity index (χ1n) is 6.64. The van der Waals surface area contributed by atoms with E-state index in [4.69, 9.17) is 4.52 Å². The van der Waals surface area contributed by atoms with Gasteiger partial charge in [0.05, 0.1) is 0 Å². The number of aromatic nitrogens is 2. The summed E-state index contributed by atoms with van der Waals surface area (Å²) in [6.45, 7) is 7.59. The number of hydrogen-bond donors (Lipinski definition) is 1. The van der Waals surface area contributed by atoms with Crippen molar-refractivity contribution in [1.29, 1.82) is 0 Å². The average molecular weight is 273 g/mol. The molecule has 0 unspecified atom stereocenters. The van der Waals surface area contributed by atoms with E-state index in [1.54, 1.807) is 0 Å². The van der Waals surface area contributed by atoms with Crippen LogP contribution in [0.5, 0.6) is 0 Å². The Morgan fingerprint density at radius 3 is 2.70 bits per heavy atom. The lowest BCUT2D eigenvalue weighted by atomic mass is 9.95. The Morgan fingerprint density at radius 2 is 2.10 bits per heavy atom. The van der Waals surface area contributed by atoms with Gasteiger partial charge < -0.3 is 9.84 Å². The topological polar surface area (TPSA) is 68.0 Å².